The Morgan fingerprint density at radius 1 is 1.00 bits per heavy atom. The number of rotatable bonds is 8. The third-order valence-electron chi connectivity index (χ3n) is 8.30. The van der Waals surface area contributed by atoms with Crippen LogP contribution in [-0.2, 0) is 11.3 Å². The molecule has 0 radical (unpaired) electrons. The molecule has 1 aliphatic heterocycles. The number of amides is 1. The van der Waals surface area contributed by atoms with E-state index < -0.39 is 5.92 Å². The van der Waals surface area contributed by atoms with Crippen LogP contribution in [0, 0.1) is 5.82 Å². The highest BCUT2D eigenvalue weighted by Crippen LogP contribution is 2.37. The van der Waals surface area contributed by atoms with Gasteiger partial charge in [-0.05, 0) is 83.3 Å². The largest absolute Gasteiger partial charge is 0.459 e. The fourth-order valence-corrected chi connectivity index (χ4v) is 5.63. The first kappa shape index (κ1) is 30.1. The maximum Gasteiger partial charge on any atom is 0.250 e. The van der Waals surface area contributed by atoms with Crippen molar-refractivity contribution in [1.82, 2.24) is 15.2 Å². The van der Waals surface area contributed by atoms with E-state index in [2.05, 4.69) is 15.2 Å². The van der Waals surface area contributed by atoms with Gasteiger partial charge in [0.15, 0.2) is 0 Å². The van der Waals surface area contributed by atoms with Gasteiger partial charge >= 0.3 is 0 Å². The molecule has 1 saturated heterocycles. The van der Waals surface area contributed by atoms with Crippen LogP contribution in [0.3, 0.4) is 0 Å². The number of hydrogen-bond acceptors (Lipinski definition) is 5. The molecule has 2 aromatic heterocycles. The lowest BCUT2D eigenvalue weighted by molar-refractivity contribution is -0.116. The molecule has 3 aromatic carbocycles. The molecular formula is C36H33F3N4O2. The van der Waals surface area contributed by atoms with Gasteiger partial charge in [-0.2, -0.15) is 0 Å². The van der Waals surface area contributed by atoms with Crippen LogP contribution >= 0.6 is 0 Å². The van der Waals surface area contributed by atoms with Gasteiger partial charge in [-0.3, -0.25) is 9.69 Å². The summed E-state index contributed by atoms with van der Waals surface area (Å²) < 4.78 is 47.3. The van der Waals surface area contributed by atoms with Gasteiger partial charge in [0.2, 0.25) is 5.91 Å². The molecule has 3 N–H and O–H groups in total. The minimum atomic E-state index is -2.58. The Hall–Kier alpha value is -4.89. The summed E-state index contributed by atoms with van der Waals surface area (Å²) >= 11 is 0. The Kier molecular flexibility index (Phi) is 8.45. The van der Waals surface area contributed by atoms with Crippen LogP contribution in [0.25, 0.3) is 39.3 Å². The molecule has 6 rings (SSSR count). The van der Waals surface area contributed by atoms with Crippen molar-refractivity contribution in [3.8, 4) is 22.3 Å². The maximum atomic E-state index is 13.8. The first-order chi connectivity index (χ1) is 21.6. The Labute approximate surface area is 259 Å². The number of nitrogen functional groups attached to an aromatic ring is 1. The summed E-state index contributed by atoms with van der Waals surface area (Å²) in [4.78, 5) is 18.6. The molecule has 0 saturated carbocycles. The summed E-state index contributed by atoms with van der Waals surface area (Å²) in [7, 11) is 0. The standard InChI is InChI=1S/C36H33F3N4O2/c1-23(43-16-14-36(38,39)15-17-43)25-4-6-26(7-5-25)28-18-29-19-31(22-42-34(44)13-3-24-2-12-33(40)41-21-24)45-35(29)32(20-28)27-8-10-30(37)11-9-27/h2-13,18-21,23H,14-17,22H2,1H3,(H2,40,41)(H,42,44)/b13-3+. The fraction of sp³-hybridized carbons (Fsp3) is 0.222. The highest BCUT2D eigenvalue weighted by Gasteiger charge is 2.35. The van der Waals surface area contributed by atoms with Gasteiger partial charge in [0.25, 0.3) is 5.92 Å². The average Bonchev–Trinajstić information content (AvgIpc) is 3.46. The number of alkyl halides is 2. The van der Waals surface area contributed by atoms with Crippen molar-refractivity contribution in [2.45, 2.75) is 38.3 Å². The van der Waals surface area contributed by atoms with Gasteiger partial charge in [-0.25, -0.2) is 18.2 Å². The summed E-state index contributed by atoms with van der Waals surface area (Å²) in [5, 5.41) is 3.68. The van der Waals surface area contributed by atoms with E-state index in [0.29, 0.717) is 30.3 Å². The van der Waals surface area contributed by atoms with Crippen molar-refractivity contribution in [3.63, 3.8) is 0 Å². The zero-order valence-electron chi connectivity index (χ0n) is 24.8. The lowest BCUT2D eigenvalue weighted by atomic mass is 9.95. The van der Waals surface area contributed by atoms with Gasteiger partial charge in [0, 0.05) is 55.2 Å². The Morgan fingerprint density at radius 3 is 2.40 bits per heavy atom. The molecule has 1 amide bonds. The molecule has 0 bridgehead atoms. The minimum absolute atomic E-state index is 0.0250. The van der Waals surface area contributed by atoms with E-state index in [9.17, 15) is 18.0 Å². The van der Waals surface area contributed by atoms with Gasteiger partial charge in [0.1, 0.15) is 23.0 Å². The number of carbonyl (C=O) groups is 1. The predicted octanol–water partition coefficient (Wildman–Crippen LogP) is 8.00. The van der Waals surface area contributed by atoms with Crippen molar-refractivity contribution in [2.75, 3.05) is 18.8 Å². The zero-order chi connectivity index (χ0) is 31.6. The number of halogens is 3. The Morgan fingerprint density at radius 2 is 1.71 bits per heavy atom. The van der Waals surface area contributed by atoms with Crippen molar-refractivity contribution in [3.05, 3.63) is 114 Å². The number of aromatic nitrogens is 1. The van der Waals surface area contributed by atoms with Crippen LogP contribution in [0.5, 0.6) is 0 Å². The summed E-state index contributed by atoms with van der Waals surface area (Å²) in [6.07, 6.45) is 4.42. The molecule has 1 aliphatic rings. The number of hydrogen-bond donors (Lipinski definition) is 2. The number of likely N-dealkylation sites (tertiary alicyclic amines) is 1. The first-order valence-electron chi connectivity index (χ1n) is 14.9. The molecule has 9 heteroatoms. The van der Waals surface area contributed by atoms with E-state index in [1.165, 1.54) is 18.2 Å². The average molecular weight is 611 g/mol. The number of anilines is 1. The van der Waals surface area contributed by atoms with E-state index in [1.807, 2.05) is 49.4 Å². The van der Waals surface area contributed by atoms with E-state index in [4.69, 9.17) is 10.2 Å². The number of fused-ring (bicyclic) bond motifs is 1. The number of nitrogens with zero attached hydrogens (tertiary/aromatic N) is 2. The molecule has 0 aliphatic carbocycles. The zero-order valence-corrected chi connectivity index (χ0v) is 24.8. The molecule has 1 atom stereocenters. The van der Waals surface area contributed by atoms with Gasteiger partial charge in [0.05, 0.1) is 6.54 Å². The summed E-state index contributed by atoms with van der Waals surface area (Å²) in [6.45, 7) is 2.96. The first-order valence-corrected chi connectivity index (χ1v) is 14.9. The van der Waals surface area contributed by atoms with Crippen LogP contribution in [0.15, 0.2) is 95.6 Å². The van der Waals surface area contributed by atoms with Crippen molar-refractivity contribution in [1.29, 1.82) is 0 Å². The lowest BCUT2D eigenvalue weighted by Gasteiger charge is -2.36. The van der Waals surface area contributed by atoms with Crippen LogP contribution in [0.2, 0.25) is 0 Å². The monoisotopic (exact) mass is 610 g/mol. The fourth-order valence-electron chi connectivity index (χ4n) is 5.63. The van der Waals surface area contributed by atoms with Crippen LogP contribution < -0.4 is 11.1 Å². The molecule has 1 unspecified atom stereocenters. The van der Waals surface area contributed by atoms with E-state index in [-0.39, 0.29) is 37.2 Å². The van der Waals surface area contributed by atoms with Crippen LogP contribution in [0.4, 0.5) is 19.0 Å². The second kappa shape index (κ2) is 12.6. The minimum Gasteiger partial charge on any atom is -0.459 e. The van der Waals surface area contributed by atoms with Crippen LogP contribution in [0.1, 0.15) is 42.7 Å². The second-order valence-corrected chi connectivity index (χ2v) is 11.4. The number of nitrogens with one attached hydrogen (secondary N) is 1. The number of carbonyl (C=O) groups excluding carboxylic acids is 1. The Bertz CT molecular complexity index is 1820. The molecule has 45 heavy (non-hydrogen) atoms. The van der Waals surface area contributed by atoms with Crippen molar-refractivity contribution < 1.29 is 22.4 Å². The van der Waals surface area contributed by atoms with Gasteiger partial charge < -0.3 is 15.5 Å². The SMILES string of the molecule is CC(c1ccc(-c2cc(-c3ccc(F)cc3)c3oc(CNC(=O)/C=C/c4ccc(N)nc4)cc3c2)cc1)N1CCC(F)(F)CC1. The number of pyridine rings is 1. The van der Waals surface area contributed by atoms with E-state index in [0.717, 1.165) is 38.8 Å². The van der Waals surface area contributed by atoms with Crippen molar-refractivity contribution >= 4 is 28.8 Å². The third-order valence-corrected chi connectivity index (χ3v) is 8.30. The lowest BCUT2D eigenvalue weighted by Crippen LogP contribution is -2.40. The van der Waals surface area contributed by atoms with Gasteiger partial charge in [-0.15, -0.1) is 0 Å². The molecular weight excluding hydrogens is 577 g/mol. The topological polar surface area (TPSA) is 84.4 Å². The normalized spacial score (nSPS) is 15.8. The molecule has 0 spiro atoms. The third kappa shape index (κ3) is 7.10. The highest BCUT2D eigenvalue weighted by molar-refractivity contribution is 5.97. The maximum absolute atomic E-state index is 13.8. The molecule has 3 heterocycles. The summed E-state index contributed by atoms with van der Waals surface area (Å²) in [5.41, 5.74) is 11.5. The molecule has 1 fully saturated rings. The number of nitrogens with two attached hydrogens (primary N) is 1. The molecule has 5 aromatic rings. The van der Waals surface area contributed by atoms with E-state index >= 15 is 0 Å². The van der Waals surface area contributed by atoms with Gasteiger partial charge in [-0.1, -0.05) is 36.4 Å². The smallest absolute Gasteiger partial charge is 0.250 e. The quantitative estimate of drug-likeness (QED) is 0.174. The number of benzene rings is 3. The van der Waals surface area contributed by atoms with Crippen LogP contribution in [-0.4, -0.2) is 34.8 Å². The summed E-state index contributed by atoms with van der Waals surface area (Å²) in [6, 6.07) is 23.8. The number of piperidine rings is 1. The molecule has 6 nitrogen and oxygen atoms in total. The highest BCUT2D eigenvalue weighted by atomic mass is 19.3. The van der Waals surface area contributed by atoms with Crippen molar-refractivity contribution in [2.24, 2.45) is 0 Å². The Balaban J connectivity index is 1.24. The second-order valence-electron chi connectivity index (χ2n) is 11.4. The summed E-state index contributed by atoms with van der Waals surface area (Å²) in [5.74, 6) is -2.23. The van der Waals surface area contributed by atoms with E-state index in [1.54, 1.807) is 36.5 Å². The predicted molar refractivity (Wildman–Crippen MR) is 171 cm³/mol. The number of furan rings is 1. The molecule has 230 valence electrons.